The fourth-order valence-electron chi connectivity index (χ4n) is 4.16. The van der Waals surface area contributed by atoms with E-state index >= 15 is 0 Å². The molecule has 1 amide bonds. The van der Waals surface area contributed by atoms with Gasteiger partial charge in [-0.25, -0.2) is 0 Å². The monoisotopic (exact) mass is 430 g/mol. The molecular formula is C25H22N2O5. The number of nitrogens with zero attached hydrogens (tertiary/aromatic N) is 2. The van der Waals surface area contributed by atoms with Gasteiger partial charge in [0.05, 0.1) is 30.0 Å². The molecule has 1 fully saturated rings. The number of anilines is 1. The number of Topliss-reactive ketones (excluding diaryl/α,β-unsaturated/α-hetero) is 1. The lowest BCUT2D eigenvalue weighted by Crippen LogP contribution is -2.29. The van der Waals surface area contributed by atoms with Gasteiger partial charge in [-0.1, -0.05) is 18.2 Å². The number of amides is 1. The second kappa shape index (κ2) is 8.19. The average molecular weight is 430 g/mol. The van der Waals surface area contributed by atoms with Gasteiger partial charge in [-0.2, -0.15) is 0 Å². The molecule has 0 radical (unpaired) electrons. The van der Waals surface area contributed by atoms with Crippen LogP contribution < -0.4 is 9.64 Å². The number of aliphatic hydroxyl groups is 1. The van der Waals surface area contributed by atoms with Crippen LogP contribution in [0.1, 0.15) is 28.3 Å². The van der Waals surface area contributed by atoms with Crippen molar-refractivity contribution in [3.8, 4) is 11.5 Å². The minimum absolute atomic E-state index is 0.0900. The molecule has 1 aromatic heterocycles. The van der Waals surface area contributed by atoms with Gasteiger partial charge in [0.25, 0.3) is 11.7 Å². The highest BCUT2D eigenvalue weighted by atomic mass is 16.5. The molecule has 0 spiro atoms. The van der Waals surface area contributed by atoms with Crippen molar-refractivity contribution in [3.63, 3.8) is 0 Å². The number of para-hydroxylation sites is 2. The van der Waals surface area contributed by atoms with Gasteiger partial charge in [-0.15, -0.1) is 0 Å². The van der Waals surface area contributed by atoms with Crippen molar-refractivity contribution in [2.75, 3.05) is 12.0 Å². The number of aryl methyl sites for hydroxylation is 2. The lowest BCUT2D eigenvalue weighted by atomic mass is 9.94. The normalized spacial score (nSPS) is 17.6. The van der Waals surface area contributed by atoms with E-state index in [1.165, 1.54) is 30.5 Å². The molecule has 0 saturated carbocycles. The Morgan fingerprint density at radius 2 is 1.75 bits per heavy atom. The number of aliphatic hydroxyl groups excluding tert-OH is 1. The molecule has 3 aromatic rings. The summed E-state index contributed by atoms with van der Waals surface area (Å²) in [5, 5.41) is 21.8. The maximum absolute atomic E-state index is 13.2. The number of hydrogen-bond donors (Lipinski definition) is 2. The third-order valence-corrected chi connectivity index (χ3v) is 5.49. The zero-order chi connectivity index (χ0) is 23.0. The minimum Gasteiger partial charge on any atom is -0.507 e. The molecule has 0 aliphatic carbocycles. The van der Waals surface area contributed by atoms with Crippen LogP contribution in [-0.2, 0) is 9.59 Å². The van der Waals surface area contributed by atoms with Crippen LogP contribution in [0.5, 0.6) is 11.5 Å². The van der Waals surface area contributed by atoms with E-state index in [0.717, 1.165) is 11.1 Å². The molecule has 162 valence electrons. The topological polar surface area (TPSA) is 100.0 Å². The summed E-state index contributed by atoms with van der Waals surface area (Å²) in [6.07, 6.45) is 3.08. The first-order valence-electron chi connectivity index (χ1n) is 9.99. The summed E-state index contributed by atoms with van der Waals surface area (Å²) < 4.78 is 5.49. The number of ether oxygens (including phenoxy) is 1. The third-order valence-electron chi connectivity index (χ3n) is 5.49. The number of aromatic hydroxyl groups is 1. The third kappa shape index (κ3) is 3.37. The average Bonchev–Trinajstić information content (AvgIpc) is 3.04. The van der Waals surface area contributed by atoms with Gasteiger partial charge in [-0.3, -0.25) is 19.5 Å². The number of carbonyl (C=O) groups excluding carboxylic acids is 2. The largest absolute Gasteiger partial charge is 0.507 e. The van der Waals surface area contributed by atoms with Crippen LogP contribution in [0.3, 0.4) is 0 Å². The Kier molecular flexibility index (Phi) is 5.40. The number of ketones is 1. The lowest BCUT2D eigenvalue weighted by molar-refractivity contribution is -0.132. The van der Waals surface area contributed by atoms with Gasteiger partial charge >= 0.3 is 0 Å². The van der Waals surface area contributed by atoms with Crippen LogP contribution in [-0.4, -0.2) is 34.0 Å². The Balaban J connectivity index is 2.02. The highest BCUT2D eigenvalue weighted by Crippen LogP contribution is 2.45. The highest BCUT2D eigenvalue weighted by Gasteiger charge is 2.48. The number of phenolic OH excluding ortho intramolecular Hbond substituents is 1. The van der Waals surface area contributed by atoms with Crippen molar-refractivity contribution in [1.82, 2.24) is 4.98 Å². The fourth-order valence-corrected chi connectivity index (χ4v) is 4.16. The molecule has 2 N–H and O–H groups in total. The van der Waals surface area contributed by atoms with Crippen molar-refractivity contribution in [2.45, 2.75) is 19.9 Å². The number of phenols is 1. The molecule has 32 heavy (non-hydrogen) atoms. The van der Waals surface area contributed by atoms with Crippen LogP contribution in [0.4, 0.5) is 5.69 Å². The van der Waals surface area contributed by atoms with E-state index in [9.17, 15) is 19.8 Å². The number of benzene rings is 2. The van der Waals surface area contributed by atoms with Gasteiger partial charge in [0.2, 0.25) is 0 Å². The molecule has 7 heteroatoms. The number of carbonyl (C=O) groups is 2. The molecule has 4 rings (SSSR count). The van der Waals surface area contributed by atoms with E-state index in [1.54, 1.807) is 36.4 Å². The van der Waals surface area contributed by atoms with E-state index in [0.29, 0.717) is 16.9 Å². The molecule has 1 atom stereocenters. The number of hydrogen-bond acceptors (Lipinski definition) is 6. The SMILES string of the molecule is COc1c(C)cc(C)cc1/C(O)=C1\C(=O)C(=O)N(c2ccccc2O)C1c1ccncc1. The van der Waals surface area contributed by atoms with Crippen molar-refractivity contribution < 1.29 is 24.5 Å². The number of methoxy groups -OCH3 is 1. The highest BCUT2D eigenvalue weighted by molar-refractivity contribution is 6.52. The summed E-state index contributed by atoms with van der Waals surface area (Å²) in [5.74, 6) is -1.79. The molecule has 7 nitrogen and oxygen atoms in total. The minimum atomic E-state index is -0.961. The Morgan fingerprint density at radius 3 is 2.41 bits per heavy atom. The molecule has 1 aliphatic heterocycles. The van der Waals surface area contributed by atoms with Gasteiger partial charge in [0.1, 0.15) is 17.3 Å². The number of aromatic nitrogens is 1. The summed E-state index contributed by atoms with van der Waals surface area (Å²) in [4.78, 5) is 31.6. The smallest absolute Gasteiger partial charge is 0.300 e. The lowest BCUT2D eigenvalue weighted by Gasteiger charge is -2.26. The molecule has 0 bridgehead atoms. The molecule has 1 aliphatic rings. The molecule has 1 unspecified atom stereocenters. The summed E-state index contributed by atoms with van der Waals surface area (Å²) in [6, 6.07) is 12.2. The predicted molar refractivity (Wildman–Crippen MR) is 120 cm³/mol. The summed E-state index contributed by atoms with van der Waals surface area (Å²) in [5.41, 5.74) is 2.60. The Labute approximate surface area is 185 Å². The van der Waals surface area contributed by atoms with Crippen molar-refractivity contribution in [1.29, 1.82) is 0 Å². The molecule has 2 heterocycles. The quantitative estimate of drug-likeness (QED) is 0.368. The Morgan fingerprint density at radius 1 is 1.06 bits per heavy atom. The summed E-state index contributed by atoms with van der Waals surface area (Å²) in [6.45, 7) is 3.70. The van der Waals surface area contributed by atoms with Crippen molar-refractivity contribution in [3.05, 3.63) is 88.8 Å². The second-order valence-electron chi connectivity index (χ2n) is 7.60. The van der Waals surface area contributed by atoms with Gasteiger partial charge in [0.15, 0.2) is 0 Å². The van der Waals surface area contributed by atoms with Crippen molar-refractivity contribution >= 4 is 23.1 Å². The van der Waals surface area contributed by atoms with Gasteiger partial charge in [0, 0.05) is 12.4 Å². The van der Waals surface area contributed by atoms with Gasteiger partial charge in [-0.05, 0) is 60.9 Å². The first kappa shape index (κ1) is 21.1. The van der Waals surface area contributed by atoms with E-state index in [4.69, 9.17) is 4.74 Å². The molecular weight excluding hydrogens is 408 g/mol. The fraction of sp³-hybridized carbons (Fsp3) is 0.160. The first-order valence-corrected chi connectivity index (χ1v) is 9.99. The number of pyridine rings is 1. The van der Waals surface area contributed by atoms with Crippen LogP contribution in [0.25, 0.3) is 5.76 Å². The molecule has 1 saturated heterocycles. The summed E-state index contributed by atoms with van der Waals surface area (Å²) >= 11 is 0. The molecule has 2 aromatic carbocycles. The van der Waals surface area contributed by atoms with Crippen LogP contribution >= 0.6 is 0 Å². The zero-order valence-electron chi connectivity index (χ0n) is 17.9. The second-order valence-corrected chi connectivity index (χ2v) is 7.60. The maximum atomic E-state index is 13.2. The van der Waals surface area contributed by atoms with E-state index in [1.807, 2.05) is 19.9 Å². The standard InChI is InChI=1S/C25H22N2O5/c1-14-12-15(2)24(32-3)17(13-14)22(29)20-21(16-8-10-26-11-9-16)27(25(31)23(20)30)18-6-4-5-7-19(18)28/h4-13,21,28-29H,1-3H3/b22-20+. The Bertz CT molecular complexity index is 1250. The van der Waals surface area contributed by atoms with E-state index in [2.05, 4.69) is 4.98 Å². The number of rotatable bonds is 4. The predicted octanol–water partition coefficient (Wildman–Crippen LogP) is 4.04. The van der Waals surface area contributed by atoms with E-state index in [-0.39, 0.29) is 22.8 Å². The van der Waals surface area contributed by atoms with Crippen LogP contribution in [0.2, 0.25) is 0 Å². The zero-order valence-corrected chi connectivity index (χ0v) is 17.9. The maximum Gasteiger partial charge on any atom is 0.300 e. The van der Waals surface area contributed by atoms with Crippen LogP contribution in [0.15, 0.2) is 66.5 Å². The van der Waals surface area contributed by atoms with E-state index < -0.39 is 17.7 Å². The Hall–Kier alpha value is -4.13. The van der Waals surface area contributed by atoms with Crippen LogP contribution in [0, 0.1) is 13.8 Å². The van der Waals surface area contributed by atoms with Gasteiger partial charge < -0.3 is 14.9 Å². The first-order chi connectivity index (χ1) is 15.3. The van der Waals surface area contributed by atoms with Crippen molar-refractivity contribution in [2.24, 2.45) is 0 Å². The summed E-state index contributed by atoms with van der Waals surface area (Å²) in [7, 11) is 1.48.